The molecule has 8 nitrogen and oxygen atoms in total. The molecule has 54 heavy (non-hydrogen) atoms. The molecule has 6 aromatic carbocycles. The van der Waals surface area contributed by atoms with Gasteiger partial charge in [0.05, 0.1) is 17.4 Å². The van der Waals surface area contributed by atoms with Crippen LogP contribution >= 0.6 is 0 Å². The molecule has 0 atom stereocenters. The SMILES string of the molecule is CCCCn1c(=O)c2cc(C)ccc2n(Cc2ccc(-c3ccccc3-c3nnnn3C(c3ccccc3)(c3ccccc3)c3ccccc3)cc2)c1=O. The topological polar surface area (TPSA) is 87.6 Å². The molecule has 0 amide bonds. The van der Waals surface area contributed by atoms with E-state index in [0.29, 0.717) is 29.8 Å². The van der Waals surface area contributed by atoms with Gasteiger partial charge in [-0.1, -0.05) is 165 Å². The van der Waals surface area contributed by atoms with Gasteiger partial charge in [0.2, 0.25) is 0 Å². The fourth-order valence-electron chi connectivity index (χ4n) is 7.59. The summed E-state index contributed by atoms with van der Waals surface area (Å²) in [6, 6.07) is 53.2. The highest BCUT2D eigenvalue weighted by atomic mass is 16.2. The van der Waals surface area contributed by atoms with Crippen molar-refractivity contribution in [2.75, 3.05) is 0 Å². The Morgan fingerprint density at radius 2 is 1.20 bits per heavy atom. The van der Waals surface area contributed by atoms with Crippen molar-refractivity contribution in [3.05, 3.63) is 206 Å². The largest absolute Gasteiger partial charge is 0.331 e. The Balaban J connectivity index is 1.24. The predicted octanol–water partition coefficient (Wildman–Crippen LogP) is 8.48. The van der Waals surface area contributed by atoms with Crippen molar-refractivity contribution in [3.63, 3.8) is 0 Å². The van der Waals surface area contributed by atoms with Crippen molar-refractivity contribution < 1.29 is 0 Å². The molecule has 0 fully saturated rings. The van der Waals surface area contributed by atoms with Gasteiger partial charge in [-0.25, -0.2) is 9.48 Å². The number of tetrazole rings is 1. The monoisotopic (exact) mass is 708 g/mol. The third-order valence-electron chi connectivity index (χ3n) is 10.3. The lowest BCUT2D eigenvalue weighted by atomic mass is 9.77. The maximum absolute atomic E-state index is 13.8. The summed E-state index contributed by atoms with van der Waals surface area (Å²) in [6.07, 6.45) is 1.64. The molecule has 2 heterocycles. The van der Waals surface area contributed by atoms with Crippen LogP contribution in [-0.4, -0.2) is 29.3 Å². The normalized spacial score (nSPS) is 11.6. The molecule has 266 valence electrons. The van der Waals surface area contributed by atoms with Gasteiger partial charge in [0.15, 0.2) is 5.82 Å². The molecule has 0 saturated heterocycles. The second-order valence-corrected chi connectivity index (χ2v) is 13.7. The number of rotatable bonds is 11. The number of fused-ring (bicyclic) bond motifs is 1. The van der Waals surface area contributed by atoms with Gasteiger partial charge in [-0.15, -0.1) is 5.10 Å². The Hall–Kier alpha value is -6.67. The van der Waals surface area contributed by atoms with Crippen molar-refractivity contribution in [2.45, 2.75) is 45.3 Å². The summed E-state index contributed by atoms with van der Waals surface area (Å²) in [5.74, 6) is 0.619. The molecule has 8 aromatic rings. The number of hydrogen-bond acceptors (Lipinski definition) is 5. The van der Waals surface area contributed by atoms with E-state index in [9.17, 15) is 9.59 Å². The molecule has 0 aliphatic heterocycles. The van der Waals surface area contributed by atoms with Crippen molar-refractivity contribution in [3.8, 4) is 22.5 Å². The lowest BCUT2D eigenvalue weighted by Crippen LogP contribution is -2.40. The summed E-state index contributed by atoms with van der Waals surface area (Å²) < 4.78 is 5.06. The van der Waals surface area contributed by atoms with Gasteiger partial charge in [-0.05, 0) is 69.3 Å². The highest BCUT2D eigenvalue weighted by Crippen LogP contribution is 2.43. The minimum Gasteiger partial charge on any atom is -0.289 e. The van der Waals surface area contributed by atoms with E-state index in [0.717, 1.165) is 57.3 Å². The van der Waals surface area contributed by atoms with Gasteiger partial charge < -0.3 is 0 Å². The Labute approximate surface area is 313 Å². The number of benzene rings is 6. The van der Waals surface area contributed by atoms with Crippen LogP contribution in [0.25, 0.3) is 33.4 Å². The molecule has 0 unspecified atom stereocenters. The van der Waals surface area contributed by atoms with Crippen LogP contribution in [0, 0.1) is 6.92 Å². The van der Waals surface area contributed by atoms with E-state index in [1.807, 2.05) is 109 Å². The van der Waals surface area contributed by atoms with E-state index in [1.165, 1.54) is 4.57 Å². The van der Waals surface area contributed by atoms with Crippen LogP contribution in [0.4, 0.5) is 0 Å². The summed E-state index contributed by atoms with van der Waals surface area (Å²) in [7, 11) is 0. The number of hydrogen-bond donors (Lipinski definition) is 0. The van der Waals surface area contributed by atoms with E-state index in [4.69, 9.17) is 10.3 Å². The molecule has 0 saturated carbocycles. The van der Waals surface area contributed by atoms with Gasteiger partial charge >= 0.3 is 5.69 Å². The highest BCUT2D eigenvalue weighted by molar-refractivity contribution is 5.81. The molecule has 8 heteroatoms. The minimum atomic E-state index is -0.887. The Bertz CT molecular complexity index is 2570. The summed E-state index contributed by atoms with van der Waals surface area (Å²) in [5, 5.41) is 14.3. The summed E-state index contributed by atoms with van der Waals surface area (Å²) in [5.41, 5.74) is 7.07. The maximum Gasteiger partial charge on any atom is 0.331 e. The first kappa shape index (κ1) is 34.4. The molecule has 0 aliphatic rings. The second kappa shape index (κ2) is 14.8. The first-order valence-corrected chi connectivity index (χ1v) is 18.4. The van der Waals surface area contributed by atoms with E-state index in [1.54, 1.807) is 4.57 Å². The number of aryl methyl sites for hydroxylation is 1. The number of aromatic nitrogens is 6. The molecule has 2 aromatic heterocycles. The van der Waals surface area contributed by atoms with Crippen LogP contribution in [0.15, 0.2) is 167 Å². The van der Waals surface area contributed by atoms with Crippen molar-refractivity contribution in [2.24, 2.45) is 0 Å². The van der Waals surface area contributed by atoms with Crippen molar-refractivity contribution >= 4 is 10.9 Å². The van der Waals surface area contributed by atoms with Crippen LogP contribution in [0.3, 0.4) is 0 Å². The maximum atomic E-state index is 13.8. The standard InChI is InChI=1S/C46H40N6O2/c1-3-4-30-50-44(53)41-31-33(2)24-29-42(41)51(45(50)54)32-34-25-27-35(28-26-34)39-22-14-15-23-40(39)43-47-48-49-52(43)46(36-16-8-5-9-17-36,37-18-10-6-11-19-37)38-20-12-7-13-21-38/h5-29,31H,3-4,30,32H2,1-2H3. The molecule has 0 radical (unpaired) electrons. The molecular weight excluding hydrogens is 669 g/mol. The zero-order valence-corrected chi connectivity index (χ0v) is 30.3. The van der Waals surface area contributed by atoms with E-state index in [-0.39, 0.29) is 11.2 Å². The lowest BCUT2D eigenvalue weighted by molar-refractivity contribution is 0.451. The minimum absolute atomic E-state index is 0.228. The van der Waals surface area contributed by atoms with Crippen molar-refractivity contribution in [1.29, 1.82) is 0 Å². The number of unbranched alkanes of at least 4 members (excludes halogenated alkanes) is 1. The van der Waals surface area contributed by atoms with E-state index >= 15 is 0 Å². The first-order chi connectivity index (χ1) is 26.5. The summed E-state index contributed by atoms with van der Waals surface area (Å²) in [4.78, 5) is 27.2. The molecule has 0 aliphatic carbocycles. The fraction of sp³-hybridized carbons (Fsp3) is 0.152. The van der Waals surface area contributed by atoms with Crippen LogP contribution < -0.4 is 11.2 Å². The Kier molecular flexibility index (Phi) is 9.40. The quantitative estimate of drug-likeness (QED) is 0.126. The van der Waals surface area contributed by atoms with Crippen LogP contribution in [0.5, 0.6) is 0 Å². The van der Waals surface area contributed by atoms with Gasteiger partial charge in [0.25, 0.3) is 5.56 Å². The molecular formula is C46H40N6O2. The van der Waals surface area contributed by atoms with E-state index in [2.05, 4.69) is 72.8 Å². The molecule has 0 bridgehead atoms. The second-order valence-electron chi connectivity index (χ2n) is 13.7. The van der Waals surface area contributed by atoms with Gasteiger partial charge in [0.1, 0.15) is 5.54 Å². The highest BCUT2D eigenvalue weighted by Gasteiger charge is 2.42. The molecule has 0 spiro atoms. The van der Waals surface area contributed by atoms with E-state index < -0.39 is 5.54 Å². The third kappa shape index (κ3) is 6.05. The molecule has 0 N–H and O–H groups in total. The van der Waals surface area contributed by atoms with Gasteiger partial charge in [-0.2, -0.15) is 0 Å². The average Bonchev–Trinajstić information content (AvgIpc) is 3.71. The predicted molar refractivity (Wildman–Crippen MR) is 215 cm³/mol. The fourth-order valence-corrected chi connectivity index (χ4v) is 7.59. The lowest BCUT2D eigenvalue weighted by Gasteiger charge is -2.36. The average molecular weight is 709 g/mol. The Morgan fingerprint density at radius 1 is 0.630 bits per heavy atom. The number of nitrogens with zero attached hydrogens (tertiary/aromatic N) is 6. The van der Waals surface area contributed by atoms with Crippen molar-refractivity contribution in [1.82, 2.24) is 29.3 Å². The first-order valence-electron chi connectivity index (χ1n) is 18.4. The van der Waals surface area contributed by atoms with Gasteiger partial charge in [-0.3, -0.25) is 13.9 Å². The van der Waals surface area contributed by atoms with Crippen LogP contribution in [-0.2, 0) is 18.6 Å². The third-order valence-corrected chi connectivity index (χ3v) is 10.3. The van der Waals surface area contributed by atoms with Gasteiger partial charge in [0, 0.05) is 12.1 Å². The zero-order valence-electron chi connectivity index (χ0n) is 30.3. The Morgan fingerprint density at radius 3 is 1.80 bits per heavy atom. The van der Waals surface area contributed by atoms with Crippen LogP contribution in [0.1, 0.15) is 47.6 Å². The zero-order chi connectivity index (χ0) is 37.1. The smallest absolute Gasteiger partial charge is 0.289 e. The van der Waals surface area contributed by atoms with Crippen LogP contribution in [0.2, 0.25) is 0 Å². The summed E-state index contributed by atoms with van der Waals surface area (Å²) in [6.45, 7) is 4.75. The summed E-state index contributed by atoms with van der Waals surface area (Å²) >= 11 is 0. The molecule has 8 rings (SSSR count).